The van der Waals surface area contributed by atoms with E-state index in [0.717, 1.165) is 17.3 Å². The van der Waals surface area contributed by atoms with Crippen LogP contribution >= 0.6 is 0 Å². The van der Waals surface area contributed by atoms with Crippen molar-refractivity contribution in [2.24, 2.45) is 22.7 Å². The van der Waals surface area contributed by atoms with Crippen LogP contribution in [0.15, 0.2) is 11.6 Å². The van der Waals surface area contributed by atoms with E-state index in [1.807, 2.05) is 0 Å². The van der Waals surface area contributed by atoms with Crippen LogP contribution in [-0.2, 0) is 0 Å². The van der Waals surface area contributed by atoms with Gasteiger partial charge >= 0.3 is 0 Å². The largest absolute Gasteiger partial charge is 0.0850 e. The second kappa shape index (κ2) is 3.87. The van der Waals surface area contributed by atoms with E-state index >= 15 is 0 Å². The second-order valence-electron chi connectivity index (χ2n) is 7.55. The summed E-state index contributed by atoms with van der Waals surface area (Å²) in [6.45, 7) is 7.48. The first-order chi connectivity index (χ1) is 8.06. The minimum Gasteiger partial charge on any atom is -0.0850 e. The molecule has 0 N–H and O–H groups in total. The third-order valence-corrected chi connectivity index (χ3v) is 6.76. The van der Waals surface area contributed by atoms with Crippen LogP contribution in [0.1, 0.15) is 72.1 Å². The van der Waals surface area contributed by atoms with Crippen molar-refractivity contribution in [1.29, 1.82) is 0 Å². The molecule has 3 aliphatic carbocycles. The molecule has 17 heavy (non-hydrogen) atoms. The molecule has 0 heteroatoms. The van der Waals surface area contributed by atoms with Crippen molar-refractivity contribution in [2.45, 2.75) is 72.1 Å². The van der Waals surface area contributed by atoms with E-state index in [1.165, 1.54) is 51.4 Å². The van der Waals surface area contributed by atoms with Gasteiger partial charge in [-0.25, -0.2) is 0 Å². The molecule has 2 fully saturated rings. The zero-order valence-electron chi connectivity index (χ0n) is 11.9. The van der Waals surface area contributed by atoms with Gasteiger partial charge < -0.3 is 0 Å². The first kappa shape index (κ1) is 11.8. The first-order valence-corrected chi connectivity index (χ1v) is 7.72. The maximum absolute atomic E-state index is 2.58. The molecule has 0 aromatic carbocycles. The Kier molecular flexibility index (Phi) is 2.69. The number of rotatable bonds is 0. The monoisotopic (exact) mass is 232 g/mol. The van der Waals surface area contributed by atoms with Crippen molar-refractivity contribution in [3.8, 4) is 0 Å². The van der Waals surface area contributed by atoms with Gasteiger partial charge in [0.2, 0.25) is 0 Å². The zero-order chi connectivity index (χ0) is 12.1. The summed E-state index contributed by atoms with van der Waals surface area (Å²) in [5.74, 6) is 1.80. The van der Waals surface area contributed by atoms with Gasteiger partial charge in [0.1, 0.15) is 0 Å². The summed E-state index contributed by atoms with van der Waals surface area (Å²) in [5.41, 5.74) is 3.10. The third kappa shape index (κ3) is 1.71. The highest BCUT2D eigenvalue weighted by Crippen LogP contribution is 2.61. The van der Waals surface area contributed by atoms with E-state index in [2.05, 4.69) is 26.8 Å². The van der Waals surface area contributed by atoms with Crippen LogP contribution < -0.4 is 0 Å². The van der Waals surface area contributed by atoms with Gasteiger partial charge in [-0.05, 0) is 68.1 Å². The molecule has 3 rings (SSSR count). The van der Waals surface area contributed by atoms with E-state index in [1.54, 1.807) is 5.57 Å². The molecule has 0 aromatic heterocycles. The van der Waals surface area contributed by atoms with Gasteiger partial charge in [-0.1, -0.05) is 38.3 Å². The normalized spacial score (nSPS) is 44.5. The molecular formula is C17H28. The summed E-state index contributed by atoms with van der Waals surface area (Å²) in [6.07, 6.45) is 14.5. The number of hydrogen-bond donors (Lipinski definition) is 0. The molecule has 0 bridgehead atoms. The number of allylic oxidation sites excluding steroid dienone is 2. The minimum absolute atomic E-state index is 0.618. The van der Waals surface area contributed by atoms with Crippen LogP contribution in [-0.4, -0.2) is 0 Å². The maximum atomic E-state index is 2.58. The second-order valence-corrected chi connectivity index (χ2v) is 7.55. The average molecular weight is 232 g/mol. The Morgan fingerprint density at radius 2 is 1.82 bits per heavy atom. The van der Waals surface area contributed by atoms with Crippen molar-refractivity contribution in [3.63, 3.8) is 0 Å². The molecule has 3 aliphatic rings. The summed E-state index contributed by atoms with van der Waals surface area (Å²) >= 11 is 0. The third-order valence-electron chi connectivity index (χ3n) is 6.76. The Balaban J connectivity index is 1.89. The van der Waals surface area contributed by atoms with Crippen molar-refractivity contribution >= 4 is 0 Å². The lowest BCUT2D eigenvalue weighted by molar-refractivity contribution is -0.00260. The molecular weight excluding hydrogens is 204 g/mol. The van der Waals surface area contributed by atoms with E-state index in [4.69, 9.17) is 0 Å². The van der Waals surface area contributed by atoms with Gasteiger partial charge in [0, 0.05) is 0 Å². The lowest BCUT2D eigenvalue weighted by Crippen LogP contribution is -2.45. The van der Waals surface area contributed by atoms with E-state index < -0.39 is 0 Å². The van der Waals surface area contributed by atoms with Crippen LogP contribution in [0, 0.1) is 22.7 Å². The highest BCUT2D eigenvalue weighted by Gasteiger charge is 2.50. The fourth-order valence-electron chi connectivity index (χ4n) is 5.10. The first-order valence-electron chi connectivity index (χ1n) is 7.72. The molecule has 1 spiro atoms. The number of fused-ring (bicyclic) bond motifs is 1. The van der Waals surface area contributed by atoms with Crippen LogP contribution in [0.5, 0.6) is 0 Å². The summed E-state index contributed by atoms with van der Waals surface area (Å²) in [5, 5.41) is 0. The predicted molar refractivity (Wildman–Crippen MR) is 73.9 cm³/mol. The quantitative estimate of drug-likeness (QED) is 0.495. The predicted octanol–water partition coefficient (Wildman–Crippen LogP) is 5.34. The van der Waals surface area contributed by atoms with Crippen LogP contribution in [0.4, 0.5) is 0 Å². The molecule has 0 radical (unpaired) electrons. The topological polar surface area (TPSA) is 0 Å². The summed E-state index contributed by atoms with van der Waals surface area (Å²) < 4.78 is 0. The SMILES string of the molecule is CC1=CCC(C)C2(C)CCC3(CCCC3)CC12. The molecule has 96 valence electrons. The fourth-order valence-corrected chi connectivity index (χ4v) is 5.10. The van der Waals surface area contributed by atoms with Crippen LogP contribution in [0.3, 0.4) is 0 Å². The summed E-state index contributed by atoms with van der Waals surface area (Å²) in [6, 6.07) is 0. The van der Waals surface area contributed by atoms with Gasteiger partial charge in [-0.15, -0.1) is 0 Å². The Morgan fingerprint density at radius 1 is 1.12 bits per heavy atom. The van der Waals surface area contributed by atoms with E-state index in [9.17, 15) is 0 Å². The van der Waals surface area contributed by atoms with Crippen molar-refractivity contribution in [1.82, 2.24) is 0 Å². The molecule has 0 aromatic rings. The molecule has 0 aliphatic heterocycles. The molecule has 3 unspecified atom stereocenters. The highest BCUT2D eigenvalue weighted by atomic mass is 14.6. The Hall–Kier alpha value is -0.260. The van der Waals surface area contributed by atoms with E-state index in [-0.39, 0.29) is 0 Å². The minimum atomic E-state index is 0.618. The smallest absolute Gasteiger partial charge is 0.0144 e. The van der Waals surface area contributed by atoms with Gasteiger partial charge in [0.15, 0.2) is 0 Å². The Morgan fingerprint density at radius 3 is 2.53 bits per heavy atom. The molecule has 0 heterocycles. The highest BCUT2D eigenvalue weighted by molar-refractivity contribution is 5.18. The van der Waals surface area contributed by atoms with E-state index in [0.29, 0.717) is 5.41 Å². The molecule has 0 saturated heterocycles. The lowest BCUT2D eigenvalue weighted by Gasteiger charge is -2.54. The summed E-state index contributed by atoms with van der Waals surface area (Å²) in [4.78, 5) is 0. The standard InChI is InChI=1S/C17H28/c1-13-6-7-14(2)16(3)10-11-17(12-15(13)16)8-4-5-9-17/h6,14-15H,4-5,7-12H2,1-3H3. The van der Waals surface area contributed by atoms with Gasteiger partial charge in [-0.2, -0.15) is 0 Å². The molecule has 2 saturated carbocycles. The molecule has 0 amide bonds. The maximum Gasteiger partial charge on any atom is -0.0144 e. The average Bonchev–Trinajstić information content (AvgIpc) is 2.76. The van der Waals surface area contributed by atoms with Gasteiger partial charge in [0.25, 0.3) is 0 Å². The van der Waals surface area contributed by atoms with Gasteiger partial charge in [0.05, 0.1) is 0 Å². The summed E-state index contributed by atoms with van der Waals surface area (Å²) in [7, 11) is 0. The molecule has 3 atom stereocenters. The van der Waals surface area contributed by atoms with Crippen molar-refractivity contribution in [3.05, 3.63) is 11.6 Å². The Bertz CT molecular complexity index is 332. The number of hydrogen-bond acceptors (Lipinski definition) is 0. The van der Waals surface area contributed by atoms with Crippen molar-refractivity contribution in [2.75, 3.05) is 0 Å². The van der Waals surface area contributed by atoms with Crippen LogP contribution in [0.2, 0.25) is 0 Å². The zero-order valence-corrected chi connectivity index (χ0v) is 11.9. The van der Waals surface area contributed by atoms with Crippen molar-refractivity contribution < 1.29 is 0 Å². The lowest BCUT2D eigenvalue weighted by atomic mass is 9.50. The fraction of sp³-hybridized carbons (Fsp3) is 0.882. The Labute approximate surface area is 107 Å². The van der Waals surface area contributed by atoms with Gasteiger partial charge in [-0.3, -0.25) is 0 Å². The van der Waals surface area contributed by atoms with Crippen LogP contribution in [0.25, 0.3) is 0 Å². The molecule has 0 nitrogen and oxygen atoms in total.